The third kappa shape index (κ3) is 6.03. The van der Waals surface area contributed by atoms with E-state index >= 15 is 0 Å². The van der Waals surface area contributed by atoms with Gasteiger partial charge in [-0.25, -0.2) is 0 Å². The monoisotopic (exact) mass is 444 g/mol. The second kappa shape index (κ2) is 9.71. The topological polar surface area (TPSA) is 67.9 Å². The van der Waals surface area contributed by atoms with Gasteiger partial charge in [0.05, 0.1) is 37.8 Å². The van der Waals surface area contributed by atoms with E-state index in [1.54, 1.807) is 18.2 Å². The Morgan fingerprint density at radius 3 is 2.33 bits per heavy atom. The van der Waals surface area contributed by atoms with Gasteiger partial charge in [0.25, 0.3) is 0 Å². The van der Waals surface area contributed by atoms with Crippen LogP contribution in [-0.4, -0.2) is 44.5 Å². The summed E-state index contributed by atoms with van der Waals surface area (Å²) in [4.78, 5) is 25.7. The molecule has 0 spiro atoms. The van der Waals surface area contributed by atoms with Gasteiger partial charge in [0.1, 0.15) is 0 Å². The molecule has 2 rings (SSSR count). The Kier molecular flexibility index (Phi) is 7.55. The summed E-state index contributed by atoms with van der Waals surface area (Å²) in [7, 11) is 4.39. The maximum Gasteiger partial charge on any atom is 0.417 e. The maximum atomic E-state index is 12.9. The summed E-state index contributed by atoms with van der Waals surface area (Å²) in [6, 6.07) is 8.04. The van der Waals surface area contributed by atoms with Crippen LogP contribution >= 0.6 is 11.6 Å². The summed E-state index contributed by atoms with van der Waals surface area (Å²) in [6.45, 7) is -0.337. The predicted molar refractivity (Wildman–Crippen MR) is 106 cm³/mol. The molecule has 0 unspecified atom stereocenters. The van der Waals surface area contributed by atoms with Crippen molar-refractivity contribution in [2.75, 3.05) is 33.1 Å². The minimum atomic E-state index is -4.65. The van der Waals surface area contributed by atoms with Crippen LogP contribution in [0.25, 0.3) is 0 Å². The van der Waals surface area contributed by atoms with Crippen molar-refractivity contribution in [3.8, 4) is 11.5 Å². The number of amides is 2. The fraction of sp³-hybridized carbons (Fsp3) is 0.300. The summed E-state index contributed by atoms with van der Waals surface area (Å²) in [5.41, 5.74) is -0.477. The minimum absolute atomic E-state index is 0.00327. The van der Waals surface area contributed by atoms with E-state index in [2.05, 4.69) is 5.32 Å². The van der Waals surface area contributed by atoms with Gasteiger partial charge in [-0.15, -0.1) is 0 Å². The number of anilines is 1. The van der Waals surface area contributed by atoms with Crippen LogP contribution in [0.2, 0.25) is 5.02 Å². The number of nitrogens with one attached hydrogen (secondary N) is 1. The van der Waals surface area contributed by atoms with Gasteiger partial charge in [0.15, 0.2) is 11.5 Å². The first kappa shape index (κ1) is 23.3. The quantitative estimate of drug-likeness (QED) is 0.700. The lowest BCUT2D eigenvalue weighted by atomic mass is 10.1. The molecule has 2 aromatic rings. The fourth-order valence-electron chi connectivity index (χ4n) is 2.62. The van der Waals surface area contributed by atoms with Gasteiger partial charge in [-0.1, -0.05) is 17.7 Å². The third-order valence-corrected chi connectivity index (χ3v) is 4.49. The zero-order valence-corrected chi connectivity index (χ0v) is 17.2. The largest absolute Gasteiger partial charge is 0.493 e. The number of hydrogen-bond acceptors (Lipinski definition) is 4. The van der Waals surface area contributed by atoms with Gasteiger partial charge in [-0.05, 0) is 35.9 Å². The number of carbonyl (C=O) groups excluding carboxylic acids is 2. The van der Waals surface area contributed by atoms with E-state index in [4.69, 9.17) is 21.1 Å². The van der Waals surface area contributed by atoms with Gasteiger partial charge >= 0.3 is 6.18 Å². The van der Waals surface area contributed by atoms with Crippen LogP contribution in [0.4, 0.5) is 18.9 Å². The van der Waals surface area contributed by atoms with Crippen LogP contribution in [0.1, 0.15) is 11.1 Å². The van der Waals surface area contributed by atoms with Crippen molar-refractivity contribution in [1.29, 1.82) is 0 Å². The van der Waals surface area contributed by atoms with E-state index in [1.807, 2.05) is 0 Å². The summed E-state index contributed by atoms with van der Waals surface area (Å²) >= 11 is 5.56. The molecule has 0 bridgehead atoms. The van der Waals surface area contributed by atoms with Gasteiger partial charge in [-0.2, -0.15) is 13.2 Å². The highest BCUT2D eigenvalue weighted by atomic mass is 35.5. The number of nitrogens with zero attached hydrogens (tertiary/aromatic N) is 1. The number of likely N-dealkylation sites (N-methyl/N-ethyl adjacent to an activating group) is 1. The Labute approximate surface area is 176 Å². The first-order valence-corrected chi connectivity index (χ1v) is 9.04. The molecule has 30 heavy (non-hydrogen) atoms. The maximum absolute atomic E-state index is 12.9. The molecule has 0 saturated heterocycles. The lowest BCUT2D eigenvalue weighted by Crippen LogP contribution is -2.35. The molecule has 2 aromatic carbocycles. The van der Waals surface area contributed by atoms with Crippen molar-refractivity contribution in [1.82, 2.24) is 4.90 Å². The summed E-state index contributed by atoms with van der Waals surface area (Å²) in [5.74, 6) is -0.0212. The molecule has 0 aliphatic rings. The number of methoxy groups -OCH3 is 2. The number of rotatable bonds is 7. The highest BCUT2D eigenvalue weighted by Gasteiger charge is 2.33. The molecule has 0 heterocycles. The molecule has 0 aromatic heterocycles. The van der Waals surface area contributed by atoms with Crippen LogP contribution in [0.15, 0.2) is 36.4 Å². The molecule has 1 N–H and O–H groups in total. The smallest absolute Gasteiger partial charge is 0.417 e. The third-order valence-electron chi connectivity index (χ3n) is 4.17. The van der Waals surface area contributed by atoms with Crippen LogP contribution < -0.4 is 14.8 Å². The van der Waals surface area contributed by atoms with Crippen LogP contribution in [0.5, 0.6) is 11.5 Å². The highest BCUT2D eigenvalue weighted by Crippen LogP contribution is 2.36. The zero-order chi connectivity index (χ0) is 22.5. The first-order valence-electron chi connectivity index (χ1n) is 8.66. The molecule has 10 heteroatoms. The Bertz CT molecular complexity index is 935. The van der Waals surface area contributed by atoms with Gasteiger partial charge < -0.3 is 19.7 Å². The van der Waals surface area contributed by atoms with Crippen molar-refractivity contribution in [3.63, 3.8) is 0 Å². The van der Waals surface area contributed by atoms with Crippen molar-refractivity contribution >= 4 is 29.1 Å². The number of hydrogen-bond donors (Lipinski definition) is 1. The van der Waals surface area contributed by atoms with Crippen LogP contribution in [-0.2, 0) is 22.2 Å². The molecule has 162 valence electrons. The van der Waals surface area contributed by atoms with E-state index in [9.17, 15) is 22.8 Å². The normalized spacial score (nSPS) is 11.0. The summed E-state index contributed by atoms with van der Waals surface area (Å²) in [5, 5.41) is 1.87. The number of carbonyl (C=O) groups is 2. The van der Waals surface area contributed by atoms with Crippen molar-refractivity contribution < 1.29 is 32.2 Å². The number of ether oxygens (including phenoxy) is 2. The molecule has 0 aliphatic heterocycles. The molecule has 6 nitrogen and oxygen atoms in total. The van der Waals surface area contributed by atoms with Crippen molar-refractivity contribution in [2.24, 2.45) is 0 Å². The molecular formula is C20H20ClF3N2O4. The standard InChI is InChI=1S/C20H20ClF3N2O4/c1-26(19(28)9-12-4-7-16(29-2)17(8-12)30-3)11-18(27)25-13-5-6-15(21)14(10-13)20(22,23)24/h4-8,10H,9,11H2,1-3H3,(H,25,27). The molecular weight excluding hydrogens is 425 g/mol. The van der Waals surface area contributed by atoms with Crippen molar-refractivity contribution in [3.05, 3.63) is 52.5 Å². The average Bonchev–Trinajstić information content (AvgIpc) is 2.68. The average molecular weight is 445 g/mol. The lowest BCUT2D eigenvalue weighted by Gasteiger charge is -2.18. The lowest BCUT2D eigenvalue weighted by molar-refractivity contribution is -0.137. The van der Waals surface area contributed by atoms with E-state index in [1.165, 1.54) is 32.2 Å². The van der Waals surface area contributed by atoms with Gasteiger partial charge in [0.2, 0.25) is 11.8 Å². The highest BCUT2D eigenvalue weighted by molar-refractivity contribution is 6.31. The number of benzene rings is 2. The summed E-state index contributed by atoms with van der Waals surface area (Å²) < 4.78 is 49.1. The van der Waals surface area contributed by atoms with E-state index in [0.717, 1.165) is 12.1 Å². The Balaban J connectivity index is 2.00. The van der Waals surface area contributed by atoms with E-state index in [0.29, 0.717) is 17.1 Å². The number of halogens is 4. The Morgan fingerprint density at radius 1 is 1.07 bits per heavy atom. The molecule has 2 amide bonds. The molecule has 0 radical (unpaired) electrons. The van der Waals surface area contributed by atoms with Crippen LogP contribution in [0, 0.1) is 0 Å². The zero-order valence-electron chi connectivity index (χ0n) is 16.5. The Hall–Kier alpha value is -2.94. The second-order valence-corrected chi connectivity index (χ2v) is 6.76. The second-order valence-electron chi connectivity index (χ2n) is 6.36. The van der Waals surface area contributed by atoms with Gasteiger partial charge in [-0.3, -0.25) is 9.59 Å². The van der Waals surface area contributed by atoms with E-state index in [-0.39, 0.29) is 24.6 Å². The predicted octanol–water partition coefficient (Wildman–Crippen LogP) is 4.02. The van der Waals surface area contributed by atoms with Crippen molar-refractivity contribution in [2.45, 2.75) is 12.6 Å². The van der Waals surface area contributed by atoms with Gasteiger partial charge in [0, 0.05) is 12.7 Å². The Morgan fingerprint density at radius 2 is 1.73 bits per heavy atom. The SMILES string of the molecule is COc1ccc(CC(=O)N(C)CC(=O)Nc2ccc(Cl)c(C(F)(F)F)c2)cc1OC. The molecule has 0 atom stereocenters. The molecule has 0 aliphatic carbocycles. The minimum Gasteiger partial charge on any atom is -0.493 e. The van der Waals surface area contributed by atoms with E-state index < -0.39 is 22.7 Å². The summed E-state index contributed by atoms with van der Waals surface area (Å²) in [6.07, 6.45) is -4.65. The number of alkyl halides is 3. The van der Waals surface area contributed by atoms with Crippen LogP contribution in [0.3, 0.4) is 0 Å². The fourth-order valence-corrected chi connectivity index (χ4v) is 2.85. The molecule has 0 fully saturated rings. The first-order chi connectivity index (χ1) is 14.0. The molecule has 0 saturated carbocycles.